The lowest BCUT2D eigenvalue weighted by atomic mass is 9.49. The molecule has 1 amide bonds. The number of amides is 1. The second-order valence-electron chi connectivity index (χ2n) is 11.1. The predicted octanol–water partition coefficient (Wildman–Crippen LogP) is 5.97. The van der Waals surface area contributed by atoms with Crippen LogP contribution in [0, 0.1) is 23.2 Å². The van der Waals surface area contributed by atoms with Crippen molar-refractivity contribution in [2.45, 2.75) is 71.1 Å². The summed E-state index contributed by atoms with van der Waals surface area (Å²) in [7, 11) is 0. The quantitative estimate of drug-likeness (QED) is 0.370. The molecule has 3 N–H and O–H groups in total. The lowest BCUT2D eigenvalue weighted by Gasteiger charge is -2.56. The van der Waals surface area contributed by atoms with Crippen LogP contribution in [0.3, 0.4) is 0 Å². The first-order valence-corrected chi connectivity index (χ1v) is 13.3. The minimum absolute atomic E-state index is 0.183. The zero-order chi connectivity index (χ0) is 22.7. The third kappa shape index (κ3) is 5.34. The summed E-state index contributed by atoms with van der Waals surface area (Å²) in [6.45, 7) is 5.25. The Bertz CT molecular complexity index is 936. The van der Waals surface area contributed by atoms with Crippen molar-refractivity contribution in [2.75, 3.05) is 30.3 Å². The van der Waals surface area contributed by atoms with Crippen LogP contribution < -0.4 is 16.0 Å². The largest absolute Gasteiger partial charge is 0.370 e. The molecule has 4 fully saturated rings. The molecule has 5 heteroatoms. The Morgan fingerprint density at radius 3 is 2.42 bits per heavy atom. The Balaban J connectivity index is 1.17. The van der Waals surface area contributed by atoms with Crippen LogP contribution in [0.2, 0.25) is 0 Å². The van der Waals surface area contributed by atoms with E-state index in [2.05, 4.69) is 28.9 Å². The molecule has 4 aliphatic rings. The van der Waals surface area contributed by atoms with E-state index in [1.54, 1.807) is 0 Å². The van der Waals surface area contributed by atoms with Crippen molar-refractivity contribution >= 4 is 28.3 Å². The average molecular weight is 449 g/mol. The van der Waals surface area contributed by atoms with E-state index in [1.807, 2.05) is 24.3 Å². The van der Waals surface area contributed by atoms with E-state index in [-0.39, 0.29) is 11.3 Å². The van der Waals surface area contributed by atoms with Crippen LogP contribution in [0.5, 0.6) is 0 Å². The molecule has 0 saturated heterocycles. The van der Waals surface area contributed by atoms with Crippen molar-refractivity contribution in [3.05, 3.63) is 30.3 Å². The molecule has 0 unspecified atom stereocenters. The van der Waals surface area contributed by atoms with Crippen LogP contribution in [-0.2, 0) is 4.79 Å². The number of unbranched alkanes of at least 4 members (excludes halogenated alkanes) is 1. The zero-order valence-electron chi connectivity index (χ0n) is 20.2. The minimum atomic E-state index is 0.183. The first-order valence-electron chi connectivity index (χ1n) is 13.3. The molecular weight excluding hydrogens is 408 g/mol. The molecule has 1 aromatic carbocycles. The maximum absolute atomic E-state index is 13.1. The van der Waals surface area contributed by atoms with Crippen molar-refractivity contribution in [3.8, 4) is 0 Å². The zero-order valence-corrected chi connectivity index (χ0v) is 20.2. The summed E-state index contributed by atoms with van der Waals surface area (Å²) in [5.74, 6) is 3.71. The van der Waals surface area contributed by atoms with Crippen molar-refractivity contribution in [3.63, 3.8) is 0 Å². The van der Waals surface area contributed by atoms with E-state index in [0.29, 0.717) is 6.42 Å². The van der Waals surface area contributed by atoms with Gasteiger partial charge in [0.25, 0.3) is 0 Å². The highest BCUT2D eigenvalue weighted by Gasteiger charge is 2.51. The van der Waals surface area contributed by atoms with E-state index in [4.69, 9.17) is 4.98 Å². The van der Waals surface area contributed by atoms with Crippen molar-refractivity contribution in [1.82, 2.24) is 10.3 Å². The third-order valence-electron chi connectivity index (χ3n) is 8.25. The van der Waals surface area contributed by atoms with Crippen LogP contribution in [0.25, 0.3) is 10.9 Å². The van der Waals surface area contributed by atoms with Gasteiger partial charge in [-0.15, -0.1) is 0 Å². The van der Waals surface area contributed by atoms with Crippen molar-refractivity contribution in [2.24, 2.45) is 23.2 Å². The number of carbonyl (C=O) groups excluding carboxylic acids is 1. The number of hydrogen-bond acceptors (Lipinski definition) is 4. The van der Waals surface area contributed by atoms with E-state index in [0.717, 1.165) is 66.2 Å². The first kappa shape index (κ1) is 22.6. The second-order valence-corrected chi connectivity index (χ2v) is 11.1. The fourth-order valence-corrected chi connectivity index (χ4v) is 7.26. The molecular formula is C28H40N4O. The third-order valence-corrected chi connectivity index (χ3v) is 8.25. The molecule has 1 heterocycles. The van der Waals surface area contributed by atoms with Gasteiger partial charge in [0.2, 0.25) is 5.91 Å². The van der Waals surface area contributed by atoms with Crippen LogP contribution in [-0.4, -0.2) is 30.5 Å². The number of fused-ring (bicyclic) bond motifs is 1. The van der Waals surface area contributed by atoms with Gasteiger partial charge in [-0.1, -0.05) is 19.4 Å². The monoisotopic (exact) mass is 448 g/mol. The number of carbonyl (C=O) groups is 1. The van der Waals surface area contributed by atoms with E-state index in [9.17, 15) is 4.79 Å². The lowest BCUT2D eigenvalue weighted by molar-refractivity contribution is -0.124. The summed E-state index contributed by atoms with van der Waals surface area (Å²) in [6, 6.07) is 10.2. The normalized spacial score (nSPS) is 27.7. The summed E-state index contributed by atoms with van der Waals surface area (Å²) < 4.78 is 0. The highest BCUT2D eigenvalue weighted by molar-refractivity contribution is 6.01. The SMILES string of the molecule is CCCCNCCCNc1ccc2c(NC(=O)CC34CC5CC(CC(C5)C3)C4)cccc2n1. The standard InChI is InChI=1S/C28H40N4O/c1-2-3-10-29-11-5-12-30-26-9-8-23-24(31-26)6-4-7-25(23)32-27(33)19-28-16-20-13-21(17-28)15-22(14-20)18-28/h4,6-9,20-22,29H,2-3,5,10-19H2,1H3,(H,30,31)(H,32,33). The molecule has 0 aliphatic heterocycles. The Hall–Kier alpha value is -2.14. The molecule has 5 nitrogen and oxygen atoms in total. The number of pyridine rings is 1. The Morgan fingerprint density at radius 2 is 1.70 bits per heavy atom. The molecule has 0 spiro atoms. The molecule has 4 bridgehead atoms. The summed E-state index contributed by atoms with van der Waals surface area (Å²) in [4.78, 5) is 17.9. The molecule has 0 radical (unpaired) electrons. The number of nitrogens with zero attached hydrogens (tertiary/aromatic N) is 1. The van der Waals surface area contributed by atoms with Gasteiger partial charge < -0.3 is 16.0 Å². The summed E-state index contributed by atoms with van der Waals surface area (Å²) in [5, 5.41) is 11.2. The van der Waals surface area contributed by atoms with E-state index >= 15 is 0 Å². The van der Waals surface area contributed by atoms with Gasteiger partial charge in [-0.05, 0) is 112 Å². The number of nitrogens with one attached hydrogen (secondary N) is 3. The summed E-state index contributed by atoms with van der Waals surface area (Å²) in [5.41, 5.74) is 2.08. The summed E-state index contributed by atoms with van der Waals surface area (Å²) >= 11 is 0. The molecule has 1 aromatic heterocycles. The van der Waals surface area contributed by atoms with Gasteiger partial charge in [-0.25, -0.2) is 4.98 Å². The molecule has 4 aliphatic carbocycles. The lowest BCUT2D eigenvalue weighted by Crippen LogP contribution is -2.47. The van der Waals surface area contributed by atoms with Gasteiger partial charge in [0, 0.05) is 18.4 Å². The van der Waals surface area contributed by atoms with Gasteiger partial charge >= 0.3 is 0 Å². The molecule has 33 heavy (non-hydrogen) atoms. The van der Waals surface area contributed by atoms with E-state index < -0.39 is 0 Å². The van der Waals surface area contributed by atoms with Gasteiger partial charge in [0.05, 0.1) is 11.2 Å². The van der Waals surface area contributed by atoms with Gasteiger partial charge in [-0.2, -0.15) is 0 Å². The second kappa shape index (κ2) is 10.0. The Labute approximate surface area is 198 Å². The average Bonchev–Trinajstić information content (AvgIpc) is 2.77. The van der Waals surface area contributed by atoms with Crippen LogP contribution in [0.1, 0.15) is 71.1 Å². The van der Waals surface area contributed by atoms with Gasteiger partial charge in [-0.3, -0.25) is 4.79 Å². The molecule has 6 rings (SSSR count). The molecule has 0 atom stereocenters. The van der Waals surface area contributed by atoms with Crippen LogP contribution in [0.4, 0.5) is 11.5 Å². The van der Waals surface area contributed by atoms with Crippen LogP contribution >= 0.6 is 0 Å². The van der Waals surface area contributed by atoms with Crippen LogP contribution in [0.15, 0.2) is 30.3 Å². The molecule has 4 saturated carbocycles. The Morgan fingerprint density at radius 1 is 0.970 bits per heavy atom. The van der Waals surface area contributed by atoms with Gasteiger partial charge in [0.1, 0.15) is 5.82 Å². The Kier molecular flexibility index (Phi) is 6.86. The number of hydrogen-bond donors (Lipinski definition) is 3. The molecule has 178 valence electrons. The van der Waals surface area contributed by atoms with Crippen molar-refractivity contribution in [1.29, 1.82) is 0 Å². The fourth-order valence-electron chi connectivity index (χ4n) is 7.26. The number of rotatable bonds is 11. The molecule has 2 aromatic rings. The number of benzene rings is 1. The maximum atomic E-state index is 13.1. The van der Waals surface area contributed by atoms with E-state index in [1.165, 1.54) is 51.4 Å². The minimum Gasteiger partial charge on any atom is -0.370 e. The summed E-state index contributed by atoms with van der Waals surface area (Å²) in [6.07, 6.45) is 12.3. The number of anilines is 2. The topological polar surface area (TPSA) is 66.0 Å². The first-order chi connectivity index (χ1) is 16.1. The maximum Gasteiger partial charge on any atom is 0.224 e. The predicted molar refractivity (Wildman–Crippen MR) is 136 cm³/mol. The smallest absolute Gasteiger partial charge is 0.224 e. The fraction of sp³-hybridized carbons (Fsp3) is 0.643. The van der Waals surface area contributed by atoms with Crippen molar-refractivity contribution < 1.29 is 4.79 Å². The van der Waals surface area contributed by atoms with Gasteiger partial charge in [0.15, 0.2) is 0 Å². The highest BCUT2D eigenvalue weighted by atomic mass is 16.1. The highest BCUT2D eigenvalue weighted by Crippen LogP contribution is 2.61. The number of aromatic nitrogens is 1.